The number of nitrogens with zero attached hydrogens (tertiary/aromatic N) is 2. The molecule has 2 nitrogen and oxygen atoms in total. The largest absolute Gasteiger partial charge is 0.244 e. The van der Waals surface area contributed by atoms with Crippen LogP contribution in [0, 0.1) is 0 Å². The van der Waals surface area contributed by atoms with Crippen LogP contribution < -0.4 is 4.57 Å². The van der Waals surface area contributed by atoms with Gasteiger partial charge in [0.15, 0.2) is 0 Å². The number of hydrogen-bond donors (Lipinski definition) is 0. The predicted octanol–water partition coefficient (Wildman–Crippen LogP) is 4.62. The molecule has 1 aromatic heterocycles. The smallest absolute Gasteiger partial charge is 0.239 e. The topological polar surface area (TPSA) is 8.81 Å². The third kappa shape index (κ3) is 3.75. The summed E-state index contributed by atoms with van der Waals surface area (Å²) in [6.45, 7) is 0.887. The highest BCUT2D eigenvalue weighted by atomic mass is 15.1. The van der Waals surface area contributed by atoms with Gasteiger partial charge in [0.25, 0.3) is 0 Å². The highest BCUT2D eigenvalue weighted by Crippen LogP contribution is 2.20. The maximum atomic E-state index is 2.34. The van der Waals surface area contributed by atoms with Gasteiger partial charge in [-0.05, 0) is 22.3 Å². The minimum absolute atomic E-state index is 0.887. The molecule has 0 unspecified atom stereocenters. The summed E-state index contributed by atoms with van der Waals surface area (Å²) >= 11 is 0. The first-order valence-electron chi connectivity index (χ1n) is 9.00. The van der Waals surface area contributed by atoms with Crippen LogP contribution in [0.5, 0.6) is 0 Å². The van der Waals surface area contributed by atoms with Crippen LogP contribution in [-0.2, 0) is 20.0 Å². The zero-order chi connectivity index (χ0) is 17.8. The fourth-order valence-corrected chi connectivity index (χ4v) is 3.36. The summed E-state index contributed by atoms with van der Waals surface area (Å²) in [4.78, 5) is 0. The molecule has 0 saturated heterocycles. The second kappa shape index (κ2) is 7.40. The van der Waals surface area contributed by atoms with Crippen molar-refractivity contribution < 1.29 is 4.57 Å². The molecule has 0 saturated carbocycles. The molecule has 26 heavy (non-hydrogen) atoms. The lowest BCUT2D eigenvalue weighted by atomic mass is 10.0. The Balaban J connectivity index is 1.54. The van der Waals surface area contributed by atoms with Gasteiger partial charge in [0.2, 0.25) is 6.33 Å². The summed E-state index contributed by atoms with van der Waals surface area (Å²) in [5, 5.41) is 0. The van der Waals surface area contributed by atoms with E-state index >= 15 is 0 Å². The Kier molecular flexibility index (Phi) is 4.65. The average molecular weight is 339 g/mol. The summed E-state index contributed by atoms with van der Waals surface area (Å²) in [5.41, 5.74) is 6.50. The minimum Gasteiger partial charge on any atom is -0.239 e. The molecule has 3 aromatic carbocycles. The molecule has 0 bridgehead atoms. The Morgan fingerprint density at radius 1 is 0.692 bits per heavy atom. The molecule has 0 fully saturated rings. The van der Waals surface area contributed by atoms with E-state index in [-0.39, 0.29) is 0 Å². The average Bonchev–Trinajstić information content (AvgIpc) is 3.02. The van der Waals surface area contributed by atoms with Crippen LogP contribution in [0.3, 0.4) is 0 Å². The maximum absolute atomic E-state index is 2.34. The summed E-state index contributed by atoms with van der Waals surface area (Å²) in [7, 11) is 2.09. The van der Waals surface area contributed by atoms with Crippen molar-refractivity contribution in [2.45, 2.75) is 13.0 Å². The molecule has 0 aliphatic carbocycles. The first-order chi connectivity index (χ1) is 12.8. The molecule has 0 aliphatic rings. The molecule has 0 atom stereocenters. The van der Waals surface area contributed by atoms with Gasteiger partial charge in [-0.15, -0.1) is 0 Å². The van der Waals surface area contributed by atoms with E-state index in [1.165, 1.54) is 27.9 Å². The minimum atomic E-state index is 0.887. The van der Waals surface area contributed by atoms with Crippen LogP contribution in [0.2, 0.25) is 0 Å². The quantitative estimate of drug-likeness (QED) is 0.469. The van der Waals surface area contributed by atoms with Gasteiger partial charge in [-0.1, -0.05) is 84.9 Å². The number of hydrogen-bond acceptors (Lipinski definition) is 0. The second-order valence-electron chi connectivity index (χ2n) is 6.75. The van der Waals surface area contributed by atoms with Crippen LogP contribution in [0.15, 0.2) is 97.5 Å². The standard InChI is InChI=1S/C24H23N2/c1-25-18-24(16-20-8-4-2-5-9-20)26(19-25)17-21-12-14-23(15-13-21)22-10-6-3-7-11-22/h2-15,18-19H,16-17H2,1H3/q+1. The summed E-state index contributed by atoms with van der Waals surface area (Å²) in [6.07, 6.45) is 5.33. The van der Waals surface area contributed by atoms with Crippen molar-refractivity contribution in [3.63, 3.8) is 0 Å². The molecule has 1 heterocycles. The Morgan fingerprint density at radius 2 is 1.31 bits per heavy atom. The van der Waals surface area contributed by atoms with Crippen LogP contribution in [0.25, 0.3) is 11.1 Å². The normalized spacial score (nSPS) is 10.8. The van der Waals surface area contributed by atoms with Gasteiger partial charge in [-0.25, -0.2) is 9.13 Å². The lowest BCUT2D eigenvalue weighted by Gasteiger charge is -2.05. The molecular weight excluding hydrogens is 316 g/mol. The van der Waals surface area contributed by atoms with Crippen LogP contribution in [-0.4, -0.2) is 4.57 Å². The number of imidazole rings is 1. The fraction of sp³-hybridized carbons (Fsp3) is 0.125. The van der Waals surface area contributed by atoms with Crippen LogP contribution in [0.1, 0.15) is 16.8 Å². The third-order valence-corrected chi connectivity index (χ3v) is 4.69. The number of rotatable bonds is 5. The predicted molar refractivity (Wildman–Crippen MR) is 106 cm³/mol. The van der Waals surface area contributed by atoms with Crippen molar-refractivity contribution in [2.24, 2.45) is 7.05 Å². The van der Waals surface area contributed by atoms with Gasteiger partial charge in [0.1, 0.15) is 18.4 Å². The highest BCUT2D eigenvalue weighted by Gasteiger charge is 2.13. The van der Waals surface area contributed by atoms with Gasteiger partial charge in [-0.2, -0.15) is 0 Å². The van der Waals surface area contributed by atoms with Crippen LogP contribution in [0.4, 0.5) is 0 Å². The van der Waals surface area contributed by atoms with Gasteiger partial charge >= 0.3 is 0 Å². The van der Waals surface area contributed by atoms with E-state index in [0.29, 0.717) is 0 Å². The van der Waals surface area contributed by atoms with Gasteiger partial charge < -0.3 is 0 Å². The molecule has 0 N–H and O–H groups in total. The zero-order valence-electron chi connectivity index (χ0n) is 15.0. The molecule has 4 aromatic rings. The van der Waals surface area contributed by atoms with Gasteiger partial charge in [-0.3, -0.25) is 0 Å². The molecule has 0 spiro atoms. The van der Waals surface area contributed by atoms with E-state index < -0.39 is 0 Å². The van der Waals surface area contributed by atoms with E-state index in [9.17, 15) is 0 Å². The monoisotopic (exact) mass is 339 g/mol. The Morgan fingerprint density at radius 3 is 2.00 bits per heavy atom. The van der Waals surface area contributed by atoms with E-state index in [1.807, 2.05) is 0 Å². The van der Waals surface area contributed by atoms with E-state index in [4.69, 9.17) is 0 Å². The molecule has 2 heteroatoms. The van der Waals surface area contributed by atoms with Crippen molar-refractivity contribution in [1.82, 2.24) is 4.57 Å². The first-order valence-corrected chi connectivity index (χ1v) is 9.00. The number of aromatic nitrogens is 2. The molecule has 4 rings (SSSR count). The SMILES string of the molecule is C[n+]1cc(Cc2ccccc2)n(Cc2ccc(-c3ccccc3)cc2)c1. The highest BCUT2D eigenvalue weighted by molar-refractivity contribution is 5.63. The van der Waals surface area contributed by atoms with Crippen molar-refractivity contribution in [2.75, 3.05) is 0 Å². The molecule has 128 valence electrons. The van der Waals surface area contributed by atoms with Gasteiger partial charge in [0, 0.05) is 6.42 Å². The van der Waals surface area contributed by atoms with Crippen LogP contribution >= 0.6 is 0 Å². The van der Waals surface area contributed by atoms with Crippen molar-refractivity contribution in [3.05, 3.63) is 114 Å². The first kappa shape index (κ1) is 16.3. The lowest BCUT2D eigenvalue weighted by molar-refractivity contribution is -0.671. The van der Waals surface area contributed by atoms with Gasteiger partial charge in [0.05, 0.1) is 7.05 Å². The summed E-state index contributed by atoms with van der Waals surface area (Å²) < 4.78 is 4.47. The molecule has 0 aliphatic heterocycles. The molecule has 0 radical (unpaired) electrons. The number of benzene rings is 3. The van der Waals surface area contributed by atoms with Crippen molar-refractivity contribution >= 4 is 0 Å². The van der Waals surface area contributed by atoms with Crippen molar-refractivity contribution in [3.8, 4) is 11.1 Å². The summed E-state index contributed by atoms with van der Waals surface area (Å²) in [6, 6.07) is 30.1. The Hall–Kier alpha value is -3.13. The Labute approximate surface area is 155 Å². The lowest BCUT2D eigenvalue weighted by Crippen LogP contribution is -2.23. The van der Waals surface area contributed by atoms with Crippen molar-refractivity contribution in [1.29, 1.82) is 0 Å². The third-order valence-electron chi connectivity index (χ3n) is 4.69. The number of aryl methyl sites for hydroxylation is 1. The maximum Gasteiger partial charge on any atom is 0.244 e. The zero-order valence-corrected chi connectivity index (χ0v) is 15.0. The fourth-order valence-electron chi connectivity index (χ4n) is 3.36. The van der Waals surface area contributed by atoms with E-state index in [0.717, 1.165) is 13.0 Å². The summed E-state index contributed by atoms with van der Waals surface area (Å²) in [5.74, 6) is 0. The van der Waals surface area contributed by atoms with E-state index in [1.54, 1.807) is 0 Å². The molecule has 0 amide bonds. The second-order valence-corrected chi connectivity index (χ2v) is 6.75. The molecular formula is C24H23N2+. The Bertz CT molecular complexity index is 968. The van der Waals surface area contributed by atoms with E-state index in [2.05, 4.69) is 114 Å².